The van der Waals surface area contributed by atoms with Crippen molar-refractivity contribution in [2.24, 2.45) is 0 Å². The fourth-order valence-electron chi connectivity index (χ4n) is 1.81. The van der Waals surface area contributed by atoms with Crippen LogP contribution in [0.2, 0.25) is 0 Å². The minimum atomic E-state index is -0.872. The van der Waals surface area contributed by atoms with Crippen LogP contribution in [-0.4, -0.2) is 19.3 Å². The van der Waals surface area contributed by atoms with Gasteiger partial charge in [-0.1, -0.05) is 0 Å². The molecule has 0 aliphatic heterocycles. The second-order valence-electron chi connectivity index (χ2n) is 3.96. The summed E-state index contributed by atoms with van der Waals surface area (Å²) in [7, 11) is 3.14. The molecule has 1 heterocycles. The Balaban J connectivity index is 2.41. The number of hydrogen-bond acceptors (Lipinski definition) is 4. The average Bonchev–Trinajstić information content (AvgIpc) is 2.83. The van der Waals surface area contributed by atoms with E-state index in [9.17, 15) is 5.11 Å². The molecule has 2 aromatic rings. The van der Waals surface area contributed by atoms with E-state index in [-0.39, 0.29) is 0 Å². The molecule has 0 spiro atoms. The summed E-state index contributed by atoms with van der Waals surface area (Å²) in [5.74, 6) is 2.50. The van der Waals surface area contributed by atoms with Crippen molar-refractivity contribution in [3.63, 3.8) is 0 Å². The Labute approximate surface area is 106 Å². The van der Waals surface area contributed by atoms with Crippen molar-refractivity contribution >= 4 is 0 Å². The van der Waals surface area contributed by atoms with E-state index < -0.39 is 6.10 Å². The molecule has 96 valence electrons. The van der Waals surface area contributed by atoms with E-state index in [1.807, 2.05) is 13.0 Å². The minimum absolute atomic E-state index is 0.485. The van der Waals surface area contributed by atoms with Crippen molar-refractivity contribution in [1.82, 2.24) is 0 Å². The molecular weight excluding hydrogens is 232 g/mol. The zero-order valence-electron chi connectivity index (χ0n) is 10.6. The largest absolute Gasteiger partial charge is 0.497 e. The minimum Gasteiger partial charge on any atom is -0.497 e. The van der Waals surface area contributed by atoms with Gasteiger partial charge in [0.1, 0.15) is 29.1 Å². The molecule has 1 aromatic carbocycles. The Kier molecular flexibility index (Phi) is 3.58. The molecule has 1 aromatic heterocycles. The van der Waals surface area contributed by atoms with Gasteiger partial charge in [0.05, 0.1) is 14.2 Å². The first-order valence-electron chi connectivity index (χ1n) is 5.62. The number of methoxy groups -OCH3 is 2. The van der Waals surface area contributed by atoms with Crippen LogP contribution in [0, 0.1) is 6.92 Å². The summed E-state index contributed by atoms with van der Waals surface area (Å²) in [6, 6.07) is 8.83. The molecule has 0 bridgehead atoms. The van der Waals surface area contributed by atoms with Gasteiger partial charge in [-0.2, -0.15) is 0 Å². The summed E-state index contributed by atoms with van der Waals surface area (Å²) in [5.41, 5.74) is 0.617. The molecule has 2 rings (SSSR count). The maximum absolute atomic E-state index is 10.3. The predicted molar refractivity (Wildman–Crippen MR) is 67.1 cm³/mol. The molecule has 4 nitrogen and oxygen atoms in total. The van der Waals surface area contributed by atoms with Crippen molar-refractivity contribution in [1.29, 1.82) is 0 Å². The number of furan rings is 1. The maximum Gasteiger partial charge on any atom is 0.140 e. The number of benzene rings is 1. The van der Waals surface area contributed by atoms with E-state index in [0.29, 0.717) is 22.8 Å². The van der Waals surface area contributed by atoms with E-state index in [1.165, 1.54) is 0 Å². The molecule has 0 fully saturated rings. The molecule has 1 N–H and O–H groups in total. The van der Waals surface area contributed by atoms with Crippen LogP contribution in [0.3, 0.4) is 0 Å². The molecule has 0 aliphatic carbocycles. The standard InChI is InChI=1S/C14H16O4/c1-9-4-6-13(18-9)14(15)11-8-10(16-2)5-7-12(11)17-3/h4-8,14-15H,1-3H3/t14-/m1/s1. The Hall–Kier alpha value is -1.94. The van der Waals surface area contributed by atoms with Crippen LogP contribution >= 0.6 is 0 Å². The van der Waals surface area contributed by atoms with Crippen LogP contribution < -0.4 is 9.47 Å². The van der Waals surface area contributed by atoms with Crippen molar-refractivity contribution < 1.29 is 19.0 Å². The number of aliphatic hydroxyl groups excluding tert-OH is 1. The number of aliphatic hydroxyl groups is 1. The normalized spacial score (nSPS) is 12.2. The summed E-state index contributed by atoms with van der Waals surface area (Å²) < 4.78 is 15.8. The van der Waals surface area contributed by atoms with Crippen LogP contribution in [0.4, 0.5) is 0 Å². The monoisotopic (exact) mass is 248 g/mol. The van der Waals surface area contributed by atoms with Gasteiger partial charge >= 0.3 is 0 Å². The molecule has 0 saturated heterocycles. The van der Waals surface area contributed by atoms with Gasteiger partial charge in [-0.15, -0.1) is 0 Å². The molecule has 0 aliphatic rings. The van der Waals surface area contributed by atoms with Crippen molar-refractivity contribution in [2.75, 3.05) is 14.2 Å². The zero-order chi connectivity index (χ0) is 13.1. The van der Waals surface area contributed by atoms with Crippen LogP contribution in [0.25, 0.3) is 0 Å². The number of rotatable bonds is 4. The first-order valence-corrected chi connectivity index (χ1v) is 5.62. The second kappa shape index (κ2) is 5.14. The van der Waals surface area contributed by atoms with E-state index >= 15 is 0 Å². The van der Waals surface area contributed by atoms with Gasteiger partial charge in [0.2, 0.25) is 0 Å². The number of ether oxygens (including phenoxy) is 2. The molecule has 0 unspecified atom stereocenters. The molecule has 18 heavy (non-hydrogen) atoms. The SMILES string of the molecule is COc1ccc(OC)c([C@@H](O)c2ccc(C)o2)c1. The van der Waals surface area contributed by atoms with Gasteiger partial charge in [-0.05, 0) is 37.3 Å². The fraction of sp³-hybridized carbons (Fsp3) is 0.286. The lowest BCUT2D eigenvalue weighted by molar-refractivity contribution is 0.183. The summed E-state index contributed by atoms with van der Waals surface area (Å²) in [6.07, 6.45) is -0.872. The van der Waals surface area contributed by atoms with Crippen molar-refractivity contribution in [3.05, 3.63) is 47.4 Å². The lowest BCUT2D eigenvalue weighted by Gasteiger charge is -2.14. The molecular formula is C14H16O4. The molecule has 0 saturated carbocycles. The van der Waals surface area contributed by atoms with Crippen LogP contribution in [0.5, 0.6) is 11.5 Å². The van der Waals surface area contributed by atoms with Crippen molar-refractivity contribution in [2.45, 2.75) is 13.0 Å². The summed E-state index contributed by atoms with van der Waals surface area (Å²) >= 11 is 0. The first-order chi connectivity index (χ1) is 8.65. The van der Waals surface area contributed by atoms with Crippen LogP contribution in [0.1, 0.15) is 23.2 Å². The molecule has 0 amide bonds. The van der Waals surface area contributed by atoms with Gasteiger partial charge in [0, 0.05) is 5.56 Å². The lowest BCUT2D eigenvalue weighted by Crippen LogP contribution is -2.02. The zero-order valence-corrected chi connectivity index (χ0v) is 10.6. The highest BCUT2D eigenvalue weighted by Gasteiger charge is 2.19. The van der Waals surface area contributed by atoms with Gasteiger partial charge in [0.25, 0.3) is 0 Å². The number of hydrogen-bond donors (Lipinski definition) is 1. The molecule has 1 atom stereocenters. The Morgan fingerprint density at radius 2 is 1.89 bits per heavy atom. The first kappa shape index (κ1) is 12.5. The topological polar surface area (TPSA) is 51.8 Å². The molecule has 0 radical (unpaired) electrons. The van der Waals surface area contributed by atoms with E-state index in [1.54, 1.807) is 38.5 Å². The van der Waals surface area contributed by atoms with Gasteiger partial charge in [-0.3, -0.25) is 0 Å². The second-order valence-corrected chi connectivity index (χ2v) is 3.96. The predicted octanol–water partition coefficient (Wildman–Crippen LogP) is 2.69. The Morgan fingerprint density at radius 1 is 1.11 bits per heavy atom. The van der Waals surface area contributed by atoms with E-state index in [4.69, 9.17) is 13.9 Å². The molecule has 4 heteroatoms. The summed E-state index contributed by atoms with van der Waals surface area (Å²) in [4.78, 5) is 0. The quantitative estimate of drug-likeness (QED) is 0.903. The Bertz CT molecular complexity index is 530. The summed E-state index contributed by atoms with van der Waals surface area (Å²) in [5, 5.41) is 10.3. The van der Waals surface area contributed by atoms with Gasteiger partial charge in [0.15, 0.2) is 0 Å². The summed E-state index contributed by atoms with van der Waals surface area (Å²) in [6.45, 7) is 1.83. The number of aryl methyl sites for hydroxylation is 1. The highest BCUT2D eigenvalue weighted by Crippen LogP contribution is 2.33. The maximum atomic E-state index is 10.3. The van der Waals surface area contributed by atoms with Gasteiger partial charge in [-0.25, -0.2) is 0 Å². The van der Waals surface area contributed by atoms with E-state index in [2.05, 4.69) is 0 Å². The van der Waals surface area contributed by atoms with Crippen LogP contribution in [-0.2, 0) is 0 Å². The average molecular weight is 248 g/mol. The highest BCUT2D eigenvalue weighted by atomic mass is 16.5. The Morgan fingerprint density at radius 3 is 2.44 bits per heavy atom. The van der Waals surface area contributed by atoms with E-state index in [0.717, 1.165) is 5.76 Å². The van der Waals surface area contributed by atoms with Crippen LogP contribution in [0.15, 0.2) is 34.7 Å². The smallest absolute Gasteiger partial charge is 0.140 e. The third-order valence-corrected chi connectivity index (χ3v) is 2.76. The third kappa shape index (κ3) is 2.33. The van der Waals surface area contributed by atoms with Gasteiger partial charge < -0.3 is 19.0 Å². The van der Waals surface area contributed by atoms with Crippen molar-refractivity contribution in [3.8, 4) is 11.5 Å². The highest BCUT2D eigenvalue weighted by molar-refractivity contribution is 5.43. The lowest BCUT2D eigenvalue weighted by atomic mass is 10.1. The fourth-order valence-corrected chi connectivity index (χ4v) is 1.81. The third-order valence-electron chi connectivity index (χ3n) is 2.76.